The molecule has 0 saturated heterocycles. The summed E-state index contributed by atoms with van der Waals surface area (Å²) in [7, 11) is 5.32. The molecule has 0 aliphatic carbocycles. The number of aromatic nitrogens is 6. The van der Waals surface area contributed by atoms with E-state index in [1.807, 2.05) is 18.9 Å². The highest BCUT2D eigenvalue weighted by atomic mass is 16.5. The first-order chi connectivity index (χ1) is 9.65. The summed E-state index contributed by atoms with van der Waals surface area (Å²) >= 11 is 0. The van der Waals surface area contributed by atoms with E-state index in [1.165, 1.54) is 17.3 Å². The van der Waals surface area contributed by atoms with Crippen molar-refractivity contribution >= 4 is 11.9 Å². The van der Waals surface area contributed by atoms with E-state index in [4.69, 9.17) is 4.74 Å². The van der Waals surface area contributed by atoms with E-state index < -0.39 is 0 Å². The van der Waals surface area contributed by atoms with E-state index in [0.29, 0.717) is 24.5 Å². The van der Waals surface area contributed by atoms with Crippen molar-refractivity contribution in [2.24, 2.45) is 0 Å². The molecular weight excluding hydrogens is 260 g/mol. The van der Waals surface area contributed by atoms with Crippen molar-refractivity contribution in [3.63, 3.8) is 0 Å². The highest BCUT2D eigenvalue weighted by Crippen LogP contribution is 2.13. The fourth-order valence-electron chi connectivity index (χ4n) is 1.59. The lowest BCUT2D eigenvalue weighted by Gasteiger charge is -2.24. The highest BCUT2D eigenvalue weighted by Gasteiger charge is 2.16. The summed E-state index contributed by atoms with van der Waals surface area (Å²) in [4.78, 5) is 18.8. The lowest BCUT2D eigenvalue weighted by atomic mass is 10.3. The minimum Gasteiger partial charge on any atom is -0.383 e. The van der Waals surface area contributed by atoms with E-state index in [9.17, 15) is 0 Å². The quantitative estimate of drug-likeness (QED) is 0.787. The van der Waals surface area contributed by atoms with Crippen LogP contribution in [0.4, 0.5) is 11.9 Å². The average molecular weight is 278 g/mol. The Morgan fingerprint density at radius 2 is 2.20 bits per heavy atom. The number of methoxy groups -OCH3 is 1. The third-order valence-electron chi connectivity index (χ3n) is 2.84. The Labute approximate surface area is 117 Å². The molecule has 1 N–H and O–H groups in total. The van der Waals surface area contributed by atoms with E-state index in [1.54, 1.807) is 14.2 Å². The topological polar surface area (TPSA) is 93.9 Å². The van der Waals surface area contributed by atoms with Gasteiger partial charge in [-0.2, -0.15) is 24.7 Å². The molecule has 2 aromatic rings. The second kappa shape index (κ2) is 6.24. The second-order valence-electron chi connectivity index (χ2n) is 4.26. The van der Waals surface area contributed by atoms with Crippen LogP contribution >= 0.6 is 0 Å². The molecule has 0 aliphatic heterocycles. The van der Waals surface area contributed by atoms with Gasteiger partial charge in [0.25, 0.3) is 5.95 Å². The standard InChI is InChI=1S/C11H18N8O/c1-8(5-20-4)18(3)10-15-9(12-2)16-11(17-10)19-7-13-6-14-19/h6-8H,5H2,1-4H3,(H,12,15,16,17). The smallest absolute Gasteiger partial charge is 0.258 e. The summed E-state index contributed by atoms with van der Waals surface area (Å²) in [5.74, 6) is 1.42. The van der Waals surface area contributed by atoms with Crippen molar-refractivity contribution in [1.82, 2.24) is 29.7 Å². The fraction of sp³-hybridized carbons (Fsp3) is 0.545. The molecule has 1 unspecified atom stereocenters. The Balaban J connectivity index is 2.35. The van der Waals surface area contributed by atoms with Crippen molar-refractivity contribution in [2.45, 2.75) is 13.0 Å². The summed E-state index contributed by atoms with van der Waals surface area (Å²) < 4.78 is 6.64. The van der Waals surface area contributed by atoms with Gasteiger partial charge in [-0.15, -0.1) is 0 Å². The van der Waals surface area contributed by atoms with Crippen LogP contribution in [0.15, 0.2) is 12.7 Å². The van der Waals surface area contributed by atoms with Gasteiger partial charge in [0, 0.05) is 21.2 Å². The second-order valence-corrected chi connectivity index (χ2v) is 4.26. The fourth-order valence-corrected chi connectivity index (χ4v) is 1.59. The molecule has 2 heterocycles. The maximum atomic E-state index is 5.15. The van der Waals surface area contributed by atoms with Gasteiger partial charge in [-0.25, -0.2) is 4.98 Å². The maximum absolute atomic E-state index is 5.15. The predicted molar refractivity (Wildman–Crippen MR) is 74.0 cm³/mol. The van der Waals surface area contributed by atoms with Crippen LogP contribution in [0.2, 0.25) is 0 Å². The third kappa shape index (κ3) is 2.99. The van der Waals surface area contributed by atoms with E-state index in [0.717, 1.165) is 0 Å². The Hall–Kier alpha value is -2.29. The molecule has 9 heteroatoms. The molecule has 1 atom stereocenters. The lowest BCUT2D eigenvalue weighted by Crippen LogP contribution is -2.34. The molecule has 0 radical (unpaired) electrons. The lowest BCUT2D eigenvalue weighted by molar-refractivity contribution is 0.183. The van der Waals surface area contributed by atoms with Gasteiger partial charge in [0.2, 0.25) is 11.9 Å². The molecule has 108 valence electrons. The number of rotatable bonds is 6. The summed E-state index contributed by atoms with van der Waals surface area (Å²) in [5, 5.41) is 6.94. The normalized spacial score (nSPS) is 12.2. The first-order valence-corrected chi connectivity index (χ1v) is 6.16. The molecule has 0 spiro atoms. The number of nitrogens with zero attached hydrogens (tertiary/aromatic N) is 7. The van der Waals surface area contributed by atoms with E-state index in [-0.39, 0.29) is 6.04 Å². The molecule has 2 rings (SSSR count). The molecule has 0 bridgehead atoms. The molecule has 0 fully saturated rings. The zero-order valence-electron chi connectivity index (χ0n) is 12.0. The number of nitrogens with one attached hydrogen (secondary N) is 1. The first kappa shape index (κ1) is 14.1. The average Bonchev–Trinajstić information content (AvgIpc) is 3.00. The summed E-state index contributed by atoms with van der Waals surface area (Å²) in [6.07, 6.45) is 2.97. The van der Waals surface area contributed by atoms with Gasteiger partial charge in [0.15, 0.2) is 0 Å². The molecule has 0 amide bonds. The van der Waals surface area contributed by atoms with Crippen LogP contribution < -0.4 is 10.2 Å². The van der Waals surface area contributed by atoms with Gasteiger partial charge in [-0.05, 0) is 6.92 Å². The molecule has 2 aromatic heterocycles. The van der Waals surface area contributed by atoms with Crippen LogP contribution in [0.5, 0.6) is 0 Å². The minimum absolute atomic E-state index is 0.135. The van der Waals surface area contributed by atoms with Gasteiger partial charge in [-0.1, -0.05) is 0 Å². The first-order valence-electron chi connectivity index (χ1n) is 6.16. The Morgan fingerprint density at radius 3 is 2.80 bits per heavy atom. The van der Waals surface area contributed by atoms with Gasteiger partial charge in [-0.3, -0.25) is 0 Å². The van der Waals surface area contributed by atoms with Gasteiger partial charge >= 0.3 is 0 Å². The molecule has 0 aromatic carbocycles. The number of likely N-dealkylation sites (N-methyl/N-ethyl adjacent to an activating group) is 1. The van der Waals surface area contributed by atoms with Crippen molar-refractivity contribution in [1.29, 1.82) is 0 Å². The Morgan fingerprint density at radius 1 is 1.40 bits per heavy atom. The van der Waals surface area contributed by atoms with Gasteiger partial charge < -0.3 is 15.0 Å². The van der Waals surface area contributed by atoms with Crippen molar-refractivity contribution < 1.29 is 4.74 Å². The minimum atomic E-state index is 0.135. The number of hydrogen-bond donors (Lipinski definition) is 1. The SMILES string of the molecule is CNc1nc(N(C)C(C)COC)nc(-n2cncn2)n1. The van der Waals surface area contributed by atoms with Gasteiger partial charge in [0.05, 0.1) is 12.6 Å². The zero-order valence-corrected chi connectivity index (χ0v) is 12.0. The Kier molecular flexibility index (Phi) is 4.41. The number of ether oxygens (including phenoxy) is 1. The van der Waals surface area contributed by atoms with E-state index >= 15 is 0 Å². The van der Waals surface area contributed by atoms with Crippen LogP contribution in [0.3, 0.4) is 0 Å². The van der Waals surface area contributed by atoms with Crippen molar-refractivity contribution in [3.05, 3.63) is 12.7 Å². The summed E-state index contributed by atoms with van der Waals surface area (Å²) in [6, 6.07) is 0.135. The van der Waals surface area contributed by atoms with Crippen molar-refractivity contribution in [2.75, 3.05) is 38.0 Å². The number of hydrogen-bond acceptors (Lipinski definition) is 8. The number of anilines is 2. The summed E-state index contributed by atoms with van der Waals surface area (Å²) in [6.45, 7) is 2.61. The molecule has 9 nitrogen and oxygen atoms in total. The summed E-state index contributed by atoms with van der Waals surface area (Å²) in [5.41, 5.74) is 0. The monoisotopic (exact) mass is 278 g/mol. The molecule has 0 saturated carbocycles. The van der Waals surface area contributed by atoms with Crippen LogP contribution in [0, 0.1) is 0 Å². The van der Waals surface area contributed by atoms with Gasteiger partial charge in [0.1, 0.15) is 12.7 Å². The largest absolute Gasteiger partial charge is 0.383 e. The van der Waals surface area contributed by atoms with Crippen molar-refractivity contribution in [3.8, 4) is 5.95 Å². The zero-order chi connectivity index (χ0) is 14.5. The van der Waals surface area contributed by atoms with Crippen LogP contribution in [-0.2, 0) is 4.74 Å². The molecular formula is C11H18N8O. The Bertz CT molecular complexity index is 543. The molecule has 20 heavy (non-hydrogen) atoms. The van der Waals surface area contributed by atoms with Crippen LogP contribution in [0.25, 0.3) is 5.95 Å². The molecule has 0 aliphatic rings. The van der Waals surface area contributed by atoms with Crippen LogP contribution in [-0.4, -0.2) is 63.6 Å². The van der Waals surface area contributed by atoms with E-state index in [2.05, 4.69) is 30.4 Å². The van der Waals surface area contributed by atoms with Crippen LogP contribution in [0.1, 0.15) is 6.92 Å². The highest BCUT2D eigenvalue weighted by molar-refractivity contribution is 5.39. The third-order valence-corrected chi connectivity index (χ3v) is 2.84. The maximum Gasteiger partial charge on any atom is 0.258 e. The predicted octanol–water partition coefficient (Wildman–Crippen LogP) is -0.0349.